The smallest absolute Gasteiger partial charge is 0.260 e. The Balaban J connectivity index is 1.49. The summed E-state index contributed by atoms with van der Waals surface area (Å²) in [5, 5.41) is 15.7. The Kier molecular flexibility index (Phi) is 6.77. The van der Waals surface area contributed by atoms with Gasteiger partial charge in [-0.2, -0.15) is 5.10 Å². The number of aryl methyl sites for hydroxylation is 2. The maximum absolute atomic E-state index is 13.5. The van der Waals surface area contributed by atoms with E-state index in [0.29, 0.717) is 35.3 Å². The van der Waals surface area contributed by atoms with Crippen LogP contribution in [0.5, 0.6) is 5.75 Å². The van der Waals surface area contributed by atoms with Crippen molar-refractivity contribution in [2.45, 2.75) is 32.9 Å². The van der Waals surface area contributed by atoms with Crippen molar-refractivity contribution < 1.29 is 9.53 Å². The normalized spacial score (nSPS) is 13.9. The molecule has 0 saturated heterocycles. The number of hydrogen-bond donors (Lipinski definition) is 1. The van der Waals surface area contributed by atoms with Crippen LogP contribution in [0, 0.1) is 6.92 Å². The first kappa shape index (κ1) is 23.7. The number of benzene rings is 1. The summed E-state index contributed by atoms with van der Waals surface area (Å²) in [4.78, 5) is 20.2. The SMILES string of the molecule is Cc1cc2c(cc1-c1cnn(CCN(C)C)c1)C(=O)Nc1cccc(n1)-c1nncn1CCCCO2. The van der Waals surface area contributed by atoms with Crippen LogP contribution in [-0.4, -0.2) is 67.6 Å². The van der Waals surface area contributed by atoms with Gasteiger partial charge in [0.15, 0.2) is 5.82 Å². The standard InChI is InChI=1S/C26H30N8O2/c1-18-13-23-21(14-20(18)19-15-28-34(16-19)11-10-32(2)3)26(35)30-24-8-6-7-22(29-24)25-31-27-17-33(25)9-4-5-12-36-23/h6-8,13-17H,4-5,9-12H2,1-3H3,(H,29,30,35). The van der Waals surface area contributed by atoms with E-state index in [0.717, 1.165) is 49.2 Å². The van der Waals surface area contributed by atoms with Gasteiger partial charge < -0.3 is 19.5 Å². The van der Waals surface area contributed by atoms with Gasteiger partial charge in [-0.05, 0) is 69.3 Å². The van der Waals surface area contributed by atoms with Gasteiger partial charge in [0.25, 0.3) is 5.91 Å². The number of anilines is 1. The van der Waals surface area contributed by atoms with Gasteiger partial charge in [0, 0.05) is 24.8 Å². The number of amides is 1. The summed E-state index contributed by atoms with van der Waals surface area (Å²) in [6.07, 6.45) is 7.27. The molecule has 0 spiro atoms. The monoisotopic (exact) mass is 486 g/mol. The molecule has 10 nitrogen and oxygen atoms in total. The van der Waals surface area contributed by atoms with Gasteiger partial charge in [0.2, 0.25) is 0 Å². The number of ether oxygens (including phenoxy) is 1. The topological polar surface area (TPSA) is 103 Å². The van der Waals surface area contributed by atoms with Gasteiger partial charge in [-0.1, -0.05) is 6.07 Å². The van der Waals surface area contributed by atoms with Crippen LogP contribution in [0.4, 0.5) is 5.82 Å². The number of carbonyl (C=O) groups excluding carboxylic acids is 1. The fraction of sp³-hybridized carbons (Fsp3) is 0.346. The van der Waals surface area contributed by atoms with Gasteiger partial charge in [0.1, 0.15) is 23.6 Å². The van der Waals surface area contributed by atoms with Crippen LogP contribution in [0.25, 0.3) is 22.6 Å². The Hall–Kier alpha value is -4.05. The van der Waals surface area contributed by atoms with Crippen molar-refractivity contribution in [3.63, 3.8) is 0 Å². The molecule has 0 radical (unpaired) electrons. The second-order valence-electron chi connectivity index (χ2n) is 9.22. The second kappa shape index (κ2) is 10.3. The summed E-state index contributed by atoms with van der Waals surface area (Å²) < 4.78 is 10.0. The maximum atomic E-state index is 13.5. The predicted octanol–water partition coefficient (Wildman–Crippen LogP) is 3.50. The predicted molar refractivity (Wildman–Crippen MR) is 137 cm³/mol. The third-order valence-electron chi connectivity index (χ3n) is 6.18. The first-order chi connectivity index (χ1) is 17.5. The Morgan fingerprint density at radius 3 is 2.92 bits per heavy atom. The van der Waals surface area contributed by atoms with E-state index in [1.807, 2.05) is 66.9 Å². The largest absolute Gasteiger partial charge is 0.493 e. The van der Waals surface area contributed by atoms with E-state index in [-0.39, 0.29) is 5.91 Å². The van der Waals surface area contributed by atoms with Crippen molar-refractivity contribution >= 4 is 11.7 Å². The third-order valence-corrected chi connectivity index (χ3v) is 6.18. The molecule has 0 fully saturated rings. The molecule has 0 atom stereocenters. The van der Waals surface area contributed by atoms with E-state index in [9.17, 15) is 4.79 Å². The average Bonchev–Trinajstić information content (AvgIpc) is 3.52. The number of hydrogen-bond acceptors (Lipinski definition) is 7. The fourth-order valence-corrected chi connectivity index (χ4v) is 4.21. The quantitative estimate of drug-likeness (QED) is 0.471. The lowest BCUT2D eigenvalue weighted by molar-refractivity contribution is 0.102. The highest BCUT2D eigenvalue weighted by Gasteiger charge is 2.19. The van der Waals surface area contributed by atoms with Gasteiger partial charge >= 0.3 is 0 Å². The van der Waals surface area contributed by atoms with Crippen LogP contribution in [0.15, 0.2) is 49.1 Å². The Morgan fingerprint density at radius 2 is 2.06 bits per heavy atom. The highest BCUT2D eigenvalue weighted by atomic mass is 16.5. The van der Waals surface area contributed by atoms with Crippen molar-refractivity contribution in [3.8, 4) is 28.4 Å². The molecule has 5 rings (SSSR count). The molecule has 4 heterocycles. The van der Waals surface area contributed by atoms with Crippen molar-refractivity contribution in [1.82, 2.24) is 34.4 Å². The van der Waals surface area contributed by atoms with E-state index < -0.39 is 0 Å². The van der Waals surface area contributed by atoms with Crippen molar-refractivity contribution in [3.05, 3.63) is 60.2 Å². The van der Waals surface area contributed by atoms with Gasteiger partial charge in [0.05, 0.1) is 24.9 Å². The van der Waals surface area contributed by atoms with Crippen LogP contribution in [0.1, 0.15) is 28.8 Å². The molecular weight excluding hydrogens is 456 g/mol. The summed E-state index contributed by atoms with van der Waals surface area (Å²) in [5.74, 6) is 1.39. The Bertz CT molecular complexity index is 1370. The first-order valence-corrected chi connectivity index (χ1v) is 12.1. The summed E-state index contributed by atoms with van der Waals surface area (Å²) in [7, 11) is 4.08. The minimum Gasteiger partial charge on any atom is -0.493 e. The molecule has 0 unspecified atom stereocenters. The van der Waals surface area contributed by atoms with Gasteiger partial charge in [-0.25, -0.2) is 4.98 Å². The molecule has 3 aromatic heterocycles. The second-order valence-corrected chi connectivity index (χ2v) is 9.22. The molecular formula is C26H30N8O2. The number of rotatable bonds is 4. The molecule has 1 N–H and O–H groups in total. The molecule has 36 heavy (non-hydrogen) atoms. The number of pyridine rings is 1. The van der Waals surface area contributed by atoms with E-state index in [1.54, 1.807) is 12.4 Å². The molecule has 1 amide bonds. The number of fused-ring (bicyclic) bond motifs is 5. The lowest BCUT2D eigenvalue weighted by Gasteiger charge is -2.16. The van der Waals surface area contributed by atoms with Crippen LogP contribution in [-0.2, 0) is 13.1 Å². The van der Waals surface area contributed by atoms with Crippen LogP contribution in [0.3, 0.4) is 0 Å². The number of likely N-dealkylation sites (N-methyl/N-ethyl adjacent to an activating group) is 1. The van der Waals surface area contributed by atoms with Crippen LogP contribution in [0.2, 0.25) is 0 Å². The van der Waals surface area contributed by atoms with E-state index in [1.165, 1.54) is 0 Å². The molecule has 4 aromatic rings. The van der Waals surface area contributed by atoms with Gasteiger partial charge in [-0.15, -0.1) is 10.2 Å². The number of nitrogens with one attached hydrogen (secondary N) is 1. The minimum atomic E-state index is -0.283. The Morgan fingerprint density at radius 1 is 1.17 bits per heavy atom. The van der Waals surface area contributed by atoms with Crippen LogP contribution >= 0.6 is 0 Å². The van der Waals surface area contributed by atoms with Gasteiger partial charge in [-0.3, -0.25) is 9.48 Å². The molecule has 0 saturated carbocycles. The van der Waals surface area contributed by atoms with Crippen molar-refractivity contribution in [1.29, 1.82) is 0 Å². The average molecular weight is 487 g/mol. The van der Waals surface area contributed by atoms with Crippen LogP contribution < -0.4 is 10.1 Å². The molecule has 1 aliphatic heterocycles. The molecule has 1 aromatic carbocycles. The zero-order valence-electron chi connectivity index (χ0n) is 20.8. The number of nitrogens with zero attached hydrogens (tertiary/aromatic N) is 7. The summed E-state index contributed by atoms with van der Waals surface area (Å²) in [6, 6.07) is 9.31. The first-order valence-electron chi connectivity index (χ1n) is 12.1. The third kappa shape index (κ3) is 5.13. The zero-order valence-corrected chi connectivity index (χ0v) is 20.8. The number of aromatic nitrogens is 6. The Labute approximate surface area is 209 Å². The molecule has 186 valence electrons. The van der Waals surface area contributed by atoms with Crippen molar-refractivity contribution in [2.24, 2.45) is 0 Å². The molecule has 1 aliphatic rings. The summed E-state index contributed by atoms with van der Waals surface area (Å²) in [6.45, 7) is 4.96. The molecule has 10 heteroatoms. The van der Waals surface area contributed by atoms with E-state index in [4.69, 9.17) is 4.74 Å². The summed E-state index contributed by atoms with van der Waals surface area (Å²) >= 11 is 0. The molecule has 2 bridgehead atoms. The van der Waals surface area contributed by atoms with E-state index >= 15 is 0 Å². The summed E-state index contributed by atoms with van der Waals surface area (Å²) in [5.41, 5.74) is 4.04. The number of carbonyl (C=O) groups is 1. The minimum absolute atomic E-state index is 0.283. The fourth-order valence-electron chi connectivity index (χ4n) is 4.21. The zero-order chi connectivity index (χ0) is 25.1. The molecule has 0 aliphatic carbocycles. The maximum Gasteiger partial charge on any atom is 0.260 e. The lowest BCUT2D eigenvalue weighted by Crippen LogP contribution is -2.18. The highest BCUT2D eigenvalue weighted by Crippen LogP contribution is 2.31. The lowest BCUT2D eigenvalue weighted by atomic mass is 9.99. The van der Waals surface area contributed by atoms with Crippen molar-refractivity contribution in [2.75, 3.05) is 32.6 Å². The highest BCUT2D eigenvalue weighted by molar-refractivity contribution is 6.06. The van der Waals surface area contributed by atoms with E-state index in [2.05, 4.69) is 30.5 Å².